The molecule has 2 aromatic rings. The Bertz CT molecular complexity index is 503. The van der Waals surface area contributed by atoms with E-state index in [2.05, 4.69) is 19.2 Å². The molecule has 0 unspecified atom stereocenters. The summed E-state index contributed by atoms with van der Waals surface area (Å²) in [5, 5.41) is 3.07. The molecule has 0 radical (unpaired) electrons. The van der Waals surface area contributed by atoms with Crippen LogP contribution in [-0.4, -0.2) is 5.91 Å². The van der Waals surface area contributed by atoms with Gasteiger partial charge in [-0.3, -0.25) is 4.79 Å². The maximum atomic E-state index is 12.1. The quantitative estimate of drug-likeness (QED) is 0.885. The monoisotopic (exact) mass is 257 g/mol. The number of hydrogen-bond acceptors (Lipinski definition) is 2. The SMILES string of the molecule is CC(C)C[C@H](NC(=O)c1ccoc1)c1ccccc1. The Morgan fingerprint density at radius 3 is 2.53 bits per heavy atom. The molecule has 1 aromatic carbocycles. The molecule has 3 nitrogen and oxygen atoms in total. The molecule has 1 atom stereocenters. The highest BCUT2D eigenvalue weighted by Crippen LogP contribution is 2.21. The molecule has 2 rings (SSSR count). The number of furan rings is 1. The van der Waals surface area contributed by atoms with Crippen LogP contribution in [0.25, 0.3) is 0 Å². The lowest BCUT2D eigenvalue weighted by Gasteiger charge is -2.20. The first-order chi connectivity index (χ1) is 9.16. The van der Waals surface area contributed by atoms with Crippen molar-refractivity contribution in [2.24, 2.45) is 5.92 Å². The number of nitrogens with one attached hydrogen (secondary N) is 1. The number of rotatable bonds is 5. The molecule has 19 heavy (non-hydrogen) atoms. The predicted molar refractivity (Wildman–Crippen MR) is 74.8 cm³/mol. The van der Waals surface area contributed by atoms with Crippen LogP contribution in [0.2, 0.25) is 0 Å². The zero-order chi connectivity index (χ0) is 13.7. The fourth-order valence-corrected chi connectivity index (χ4v) is 2.07. The van der Waals surface area contributed by atoms with E-state index >= 15 is 0 Å². The molecule has 0 aliphatic heterocycles. The Labute approximate surface area is 113 Å². The topological polar surface area (TPSA) is 42.2 Å². The zero-order valence-corrected chi connectivity index (χ0v) is 11.3. The lowest BCUT2D eigenvalue weighted by atomic mass is 9.97. The van der Waals surface area contributed by atoms with Crippen molar-refractivity contribution >= 4 is 5.91 Å². The van der Waals surface area contributed by atoms with Crippen molar-refractivity contribution in [3.05, 3.63) is 60.1 Å². The van der Waals surface area contributed by atoms with Crippen LogP contribution in [-0.2, 0) is 0 Å². The summed E-state index contributed by atoms with van der Waals surface area (Å²) in [6.07, 6.45) is 3.88. The predicted octanol–water partition coefficient (Wildman–Crippen LogP) is 3.80. The van der Waals surface area contributed by atoms with Crippen molar-refractivity contribution in [2.45, 2.75) is 26.3 Å². The molecule has 0 aliphatic carbocycles. The largest absolute Gasteiger partial charge is 0.472 e. The van der Waals surface area contributed by atoms with E-state index in [0.717, 1.165) is 12.0 Å². The van der Waals surface area contributed by atoms with Crippen molar-refractivity contribution in [1.29, 1.82) is 0 Å². The van der Waals surface area contributed by atoms with Crippen LogP contribution in [0.15, 0.2) is 53.3 Å². The van der Waals surface area contributed by atoms with Crippen LogP contribution in [0.3, 0.4) is 0 Å². The number of hydrogen-bond donors (Lipinski definition) is 1. The van der Waals surface area contributed by atoms with E-state index in [1.807, 2.05) is 30.3 Å². The van der Waals surface area contributed by atoms with E-state index in [1.165, 1.54) is 12.5 Å². The minimum Gasteiger partial charge on any atom is -0.472 e. The minimum atomic E-state index is -0.0942. The lowest BCUT2D eigenvalue weighted by Crippen LogP contribution is -2.29. The fourth-order valence-electron chi connectivity index (χ4n) is 2.07. The smallest absolute Gasteiger partial charge is 0.255 e. The molecule has 100 valence electrons. The fraction of sp³-hybridized carbons (Fsp3) is 0.312. The van der Waals surface area contributed by atoms with Gasteiger partial charge in [-0.2, -0.15) is 0 Å². The van der Waals surface area contributed by atoms with Crippen LogP contribution in [0.5, 0.6) is 0 Å². The molecular formula is C16H19NO2. The first-order valence-electron chi connectivity index (χ1n) is 6.55. The van der Waals surface area contributed by atoms with Crippen molar-refractivity contribution in [3.63, 3.8) is 0 Å². The average molecular weight is 257 g/mol. The Hall–Kier alpha value is -2.03. The molecule has 1 aromatic heterocycles. The lowest BCUT2D eigenvalue weighted by molar-refractivity contribution is 0.0931. The summed E-state index contributed by atoms with van der Waals surface area (Å²) in [7, 11) is 0. The summed E-state index contributed by atoms with van der Waals surface area (Å²) >= 11 is 0. The Kier molecular flexibility index (Phi) is 4.39. The molecule has 0 aliphatic rings. The molecule has 0 spiro atoms. The third-order valence-electron chi connectivity index (χ3n) is 3.00. The van der Waals surface area contributed by atoms with Gasteiger partial charge in [-0.05, 0) is 24.0 Å². The van der Waals surface area contributed by atoms with E-state index < -0.39 is 0 Å². The van der Waals surface area contributed by atoms with Gasteiger partial charge in [0.2, 0.25) is 0 Å². The molecule has 0 saturated heterocycles. The Balaban J connectivity index is 2.13. The van der Waals surface area contributed by atoms with Crippen LogP contribution < -0.4 is 5.32 Å². The maximum Gasteiger partial charge on any atom is 0.255 e. The molecule has 0 saturated carbocycles. The van der Waals surface area contributed by atoms with Crippen LogP contribution >= 0.6 is 0 Å². The first kappa shape index (κ1) is 13.4. The number of carbonyl (C=O) groups is 1. The second-order valence-electron chi connectivity index (χ2n) is 5.08. The molecule has 0 fully saturated rings. The molecule has 1 amide bonds. The van der Waals surface area contributed by atoms with Gasteiger partial charge in [0.25, 0.3) is 5.91 Å². The molecule has 3 heteroatoms. The summed E-state index contributed by atoms with van der Waals surface area (Å²) in [6.45, 7) is 4.31. The van der Waals surface area contributed by atoms with Gasteiger partial charge in [-0.1, -0.05) is 44.2 Å². The molecular weight excluding hydrogens is 238 g/mol. The van der Waals surface area contributed by atoms with E-state index in [4.69, 9.17) is 4.42 Å². The second-order valence-corrected chi connectivity index (χ2v) is 5.08. The van der Waals surface area contributed by atoms with Gasteiger partial charge >= 0.3 is 0 Å². The standard InChI is InChI=1S/C16H19NO2/c1-12(2)10-15(13-6-4-3-5-7-13)17-16(18)14-8-9-19-11-14/h3-9,11-12,15H,10H2,1-2H3,(H,17,18)/t15-/m0/s1. The van der Waals surface area contributed by atoms with E-state index in [1.54, 1.807) is 6.07 Å². The van der Waals surface area contributed by atoms with Gasteiger partial charge < -0.3 is 9.73 Å². The maximum absolute atomic E-state index is 12.1. The summed E-state index contributed by atoms with van der Waals surface area (Å²) in [5.41, 5.74) is 1.69. The van der Waals surface area contributed by atoms with Gasteiger partial charge in [0.15, 0.2) is 0 Å². The highest BCUT2D eigenvalue weighted by atomic mass is 16.3. The third-order valence-corrected chi connectivity index (χ3v) is 3.00. The second kappa shape index (κ2) is 6.23. The number of benzene rings is 1. The van der Waals surface area contributed by atoms with Crippen molar-refractivity contribution in [3.8, 4) is 0 Å². The normalized spacial score (nSPS) is 12.4. The van der Waals surface area contributed by atoms with Gasteiger partial charge in [-0.15, -0.1) is 0 Å². The van der Waals surface area contributed by atoms with Gasteiger partial charge in [0, 0.05) is 0 Å². The highest BCUT2D eigenvalue weighted by molar-refractivity contribution is 5.94. The van der Waals surface area contributed by atoms with Crippen LogP contribution in [0, 0.1) is 5.92 Å². The van der Waals surface area contributed by atoms with E-state index in [0.29, 0.717) is 11.5 Å². The van der Waals surface area contributed by atoms with E-state index in [-0.39, 0.29) is 11.9 Å². The number of amides is 1. The van der Waals surface area contributed by atoms with Crippen molar-refractivity contribution in [2.75, 3.05) is 0 Å². The van der Waals surface area contributed by atoms with Gasteiger partial charge in [0.1, 0.15) is 6.26 Å². The average Bonchev–Trinajstić information content (AvgIpc) is 2.92. The Morgan fingerprint density at radius 1 is 1.21 bits per heavy atom. The van der Waals surface area contributed by atoms with Crippen LogP contribution in [0.4, 0.5) is 0 Å². The summed E-state index contributed by atoms with van der Waals surface area (Å²) in [5.74, 6) is 0.415. The molecule has 1 N–H and O–H groups in total. The van der Waals surface area contributed by atoms with Crippen molar-refractivity contribution in [1.82, 2.24) is 5.32 Å². The summed E-state index contributed by atoms with van der Waals surface area (Å²) in [6, 6.07) is 11.8. The molecule has 0 bridgehead atoms. The summed E-state index contributed by atoms with van der Waals surface area (Å²) < 4.78 is 4.94. The highest BCUT2D eigenvalue weighted by Gasteiger charge is 2.17. The third kappa shape index (κ3) is 3.71. The van der Waals surface area contributed by atoms with Gasteiger partial charge in [0.05, 0.1) is 17.9 Å². The zero-order valence-electron chi connectivity index (χ0n) is 11.3. The van der Waals surface area contributed by atoms with Crippen LogP contribution in [0.1, 0.15) is 42.2 Å². The molecule has 1 heterocycles. The van der Waals surface area contributed by atoms with Crippen molar-refractivity contribution < 1.29 is 9.21 Å². The van der Waals surface area contributed by atoms with Gasteiger partial charge in [-0.25, -0.2) is 0 Å². The Morgan fingerprint density at radius 2 is 1.95 bits per heavy atom. The first-order valence-corrected chi connectivity index (χ1v) is 6.55. The minimum absolute atomic E-state index is 0.0311. The summed E-state index contributed by atoms with van der Waals surface area (Å²) in [4.78, 5) is 12.1. The van der Waals surface area contributed by atoms with E-state index in [9.17, 15) is 4.79 Å². The number of carbonyl (C=O) groups excluding carboxylic acids is 1.